The number of halogens is 1. The maximum Gasteiger partial charge on any atom is 0.226 e. The quantitative estimate of drug-likeness (QED) is 0.310. The van der Waals surface area contributed by atoms with Gasteiger partial charge in [-0.2, -0.15) is 0 Å². The molecule has 0 amide bonds. The number of benzene rings is 1. The lowest BCUT2D eigenvalue weighted by molar-refractivity contribution is 0.572. The van der Waals surface area contributed by atoms with E-state index in [9.17, 15) is 0 Å². The molecule has 2 heterocycles. The SMILES string of the molecule is Cc1ccc(-c2nc(CCNC(N)=NCCc3ccccn3)co2)cc1.I. The summed E-state index contributed by atoms with van der Waals surface area (Å²) in [4.78, 5) is 13.1. The summed E-state index contributed by atoms with van der Waals surface area (Å²) in [5.74, 6) is 1.07. The molecule has 0 bridgehead atoms. The Kier molecular flexibility index (Phi) is 8.25. The summed E-state index contributed by atoms with van der Waals surface area (Å²) >= 11 is 0. The molecule has 0 aliphatic rings. The van der Waals surface area contributed by atoms with Crippen molar-refractivity contribution < 1.29 is 4.42 Å². The number of aliphatic imine (C=N–C) groups is 1. The first kappa shape index (κ1) is 20.9. The fraction of sp³-hybridized carbons (Fsp3) is 0.250. The van der Waals surface area contributed by atoms with Gasteiger partial charge in [-0.25, -0.2) is 4.98 Å². The predicted molar refractivity (Wildman–Crippen MR) is 118 cm³/mol. The summed E-state index contributed by atoms with van der Waals surface area (Å²) in [6, 6.07) is 14.0. The summed E-state index contributed by atoms with van der Waals surface area (Å²) in [5.41, 5.74) is 9.97. The number of rotatable bonds is 7. The second kappa shape index (κ2) is 10.7. The average molecular weight is 477 g/mol. The molecule has 7 heteroatoms. The van der Waals surface area contributed by atoms with Crippen LogP contribution in [-0.4, -0.2) is 29.0 Å². The van der Waals surface area contributed by atoms with Gasteiger partial charge in [0.05, 0.1) is 5.69 Å². The third kappa shape index (κ3) is 6.67. The Morgan fingerprint density at radius 2 is 1.93 bits per heavy atom. The molecular weight excluding hydrogens is 453 g/mol. The highest BCUT2D eigenvalue weighted by molar-refractivity contribution is 14.0. The molecule has 6 nitrogen and oxygen atoms in total. The molecule has 3 rings (SSSR count). The van der Waals surface area contributed by atoms with Gasteiger partial charge in [0.1, 0.15) is 6.26 Å². The average Bonchev–Trinajstić information content (AvgIpc) is 3.12. The van der Waals surface area contributed by atoms with E-state index in [1.165, 1.54) is 5.56 Å². The van der Waals surface area contributed by atoms with E-state index in [-0.39, 0.29) is 24.0 Å². The Balaban J connectivity index is 0.00000261. The molecule has 0 aliphatic heterocycles. The molecule has 0 saturated carbocycles. The Morgan fingerprint density at radius 1 is 1.11 bits per heavy atom. The number of nitrogens with two attached hydrogens (primary N) is 1. The molecule has 3 N–H and O–H groups in total. The number of nitrogens with zero attached hydrogens (tertiary/aromatic N) is 3. The van der Waals surface area contributed by atoms with Crippen LogP contribution in [0.1, 0.15) is 17.0 Å². The van der Waals surface area contributed by atoms with Gasteiger partial charge in [-0.15, -0.1) is 24.0 Å². The molecule has 0 radical (unpaired) electrons. The van der Waals surface area contributed by atoms with Gasteiger partial charge < -0.3 is 15.5 Å². The van der Waals surface area contributed by atoms with Crippen molar-refractivity contribution in [1.82, 2.24) is 15.3 Å². The van der Waals surface area contributed by atoms with E-state index in [0.717, 1.165) is 23.4 Å². The number of aromatic nitrogens is 2. The zero-order valence-electron chi connectivity index (χ0n) is 15.3. The van der Waals surface area contributed by atoms with E-state index in [0.29, 0.717) is 31.4 Å². The standard InChI is InChI=1S/C20H23N5O.HI/c1-15-5-7-16(8-6-15)19-25-18(14-26-19)10-13-24-20(21)23-12-9-17-4-2-3-11-22-17;/h2-8,11,14H,9-10,12-13H2,1H3,(H3,21,23,24);1H. The van der Waals surface area contributed by atoms with Gasteiger partial charge in [-0.3, -0.25) is 9.98 Å². The summed E-state index contributed by atoms with van der Waals surface area (Å²) in [6.45, 7) is 3.31. The fourth-order valence-corrected chi connectivity index (χ4v) is 2.46. The summed E-state index contributed by atoms with van der Waals surface area (Å²) < 4.78 is 5.55. The fourth-order valence-electron chi connectivity index (χ4n) is 2.46. The van der Waals surface area contributed by atoms with E-state index in [1.54, 1.807) is 12.5 Å². The van der Waals surface area contributed by atoms with Crippen LogP contribution in [0.25, 0.3) is 11.5 Å². The third-order valence-corrected chi connectivity index (χ3v) is 3.91. The van der Waals surface area contributed by atoms with E-state index < -0.39 is 0 Å². The lowest BCUT2D eigenvalue weighted by atomic mass is 10.1. The van der Waals surface area contributed by atoms with E-state index in [1.807, 2.05) is 42.5 Å². The molecule has 0 spiro atoms. The zero-order chi connectivity index (χ0) is 18.2. The first-order valence-electron chi connectivity index (χ1n) is 8.66. The number of hydrogen-bond acceptors (Lipinski definition) is 4. The van der Waals surface area contributed by atoms with Gasteiger partial charge >= 0.3 is 0 Å². The number of pyridine rings is 1. The molecule has 2 aromatic heterocycles. The number of nitrogens with one attached hydrogen (secondary N) is 1. The Hall–Kier alpha value is -2.42. The van der Waals surface area contributed by atoms with Crippen LogP contribution >= 0.6 is 24.0 Å². The molecule has 0 atom stereocenters. The van der Waals surface area contributed by atoms with Crippen LogP contribution in [0.3, 0.4) is 0 Å². The normalized spacial score (nSPS) is 11.1. The number of hydrogen-bond donors (Lipinski definition) is 2. The summed E-state index contributed by atoms with van der Waals surface area (Å²) in [6.07, 6.45) is 4.95. The van der Waals surface area contributed by atoms with Gasteiger partial charge in [-0.05, 0) is 31.2 Å². The van der Waals surface area contributed by atoms with E-state index >= 15 is 0 Å². The lowest BCUT2D eigenvalue weighted by Crippen LogP contribution is -2.33. The van der Waals surface area contributed by atoms with Crippen LogP contribution < -0.4 is 11.1 Å². The second-order valence-electron chi connectivity index (χ2n) is 6.02. The molecule has 0 aliphatic carbocycles. The van der Waals surface area contributed by atoms with E-state index in [2.05, 4.69) is 27.2 Å². The second-order valence-corrected chi connectivity index (χ2v) is 6.02. The van der Waals surface area contributed by atoms with Gasteiger partial charge in [0.2, 0.25) is 5.89 Å². The molecule has 0 fully saturated rings. The zero-order valence-corrected chi connectivity index (χ0v) is 17.6. The van der Waals surface area contributed by atoms with Crippen molar-refractivity contribution in [2.45, 2.75) is 19.8 Å². The van der Waals surface area contributed by atoms with Crippen molar-refractivity contribution in [3.8, 4) is 11.5 Å². The molecule has 0 saturated heterocycles. The third-order valence-electron chi connectivity index (χ3n) is 3.91. The molecular formula is C20H24IN5O. The van der Waals surface area contributed by atoms with Crippen molar-refractivity contribution in [2.75, 3.05) is 13.1 Å². The topological polar surface area (TPSA) is 89.3 Å². The van der Waals surface area contributed by atoms with Crippen LogP contribution in [0.2, 0.25) is 0 Å². The smallest absolute Gasteiger partial charge is 0.226 e. The van der Waals surface area contributed by atoms with Crippen molar-refractivity contribution >= 4 is 29.9 Å². The van der Waals surface area contributed by atoms with Gasteiger partial charge in [-0.1, -0.05) is 23.8 Å². The van der Waals surface area contributed by atoms with Crippen molar-refractivity contribution in [1.29, 1.82) is 0 Å². The molecule has 27 heavy (non-hydrogen) atoms. The maximum absolute atomic E-state index is 5.89. The Morgan fingerprint density at radius 3 is 2.67 bits per heavy atom. The van der Waals surface area contributed by atoms with Gasteiger partial charge in [0, 0.05) is 43.4 Å². The first-order chi connectivity index (χ1) is 12.7. The highest BCUT2D eigenvalue weighted by atomic mass is 127. The Labute approximate surface area is 176 Å². The van der Waals surface area contributed by atoms with Crippen molar-refractivity contribution in [3.63, 3.8) is 0 Å². The predicted octanol–water partition coefficient (Wildman–Crippen LogP) is 3.35. The number of guanidine groups is 1. The van der Waals surface area contributed by atoms with Crippen molar-refractivity contribution in [2.24, 2.45) is 10.7 Å². The van der Waals surface area contributed by atoms with Crippen LogP contribution in [0.15, 0.2) is 64.3 Å². The minimum Gasteiger partial charge on any atom is -0.444 e. The van der Waals surface area contributed by atoms with Gasteiger partial charge in [0.15, 0.2) is 5.96 Å². The first-order valence-corrected chi connectivity index (χ1v) is 8.66. The monoisotopic (exact) mass is 477 g/mol. The van der Waals surface area contributed by atoms with Crippen LogP contribution in [-0.2, 0) is 12.8 Å². The molecule has 142 valence electrons. The van der Waals surface area contributed by atoms with Crippen LogP contribution in [0, 0.1) is 6.92 Å². The van der Waals surface area contributed by atoms with Crippen LogP contribution in [0.5, 0.6) is 0 Å². The largest absolute Gasteiger partial charge is 0.444 e. The number of oxazole rings is 1. The molecule has 1 aromatic carbocycles. The van der Waals surface area contributed by atoms with Crippen molar-refractivity contribution in [3.05, 3.63) is 71.9 Å². The highest BCUT2D eigenvalue weighted by Crippen LogP contribution is 2.19. The number of aryl methyl sites for hydroxylation is 1. The minimum absolute atomic E-state index is 0. The van der Waals surface area contributed by atoms with E-state index in [4.69, 9.17) is 10.2 Å². The Bertz CT molecular complexity index is 846. The minimum atomic E-state index is 0. The molecule has 3 aromatic rings. The summed E-state index contributed by atoms with van der Waals surface area (Å²) in [5, 5.41) is 3.10. The maximum atomic E-state index is 5.89. The highest BCUT2D eigenvalue weighted by Gasteiger charge is 2.06. The summed E-state index contributed by atoms with van der Waals surface area (Å²) in [7, 11) is 0. The lowest BCUT2D eigenvalue weighted by Gasteiger charge is -2.04. The van der Waals surface area contributed by atoms with Gasteiger partial charge in [0.25, 0.3) is 0 Å². The van der Waals surface area contributed by atoms with Crippen LogP contribution in [0.4, 0.5) is 0 Å². The molecule has 0 unspecified atom stereocenters.